The lowest BCUT2D eigenvalue weighted by atomic mass is 10.0. The van der Waals surface area contributed by atoms with Crippen LogP contribution in [0.2, 0.25) is 0 Å². The van der Waals surface area contributed by atoms with Crippen LogP contribution in [0.5, 0.6) is 0 Å². The van der Waals surface area contributed by atoms with Crippen molar-refractivity contribution in [1.82, 2.24) is 0 Å². The second-order valence-electron chi connectivity index (χ2n) is 4.54. The number of halogens is 1. The Balaban J connectivity index is 2.14. The molecule has 0 aromatic carbocycles. The second kappa shape index (κ2) is 6.57. The molecule has 2 aliphatic rings. The maximum Gasteiger partial charge on any atom is 0.198 e. The highest BCUT2D eigenvalue weighted by Crippen LogP contribution is 2.35. The van der Waals surface area contributed by atoms with Crippen molar-refractivity contribution in [2.75, 3.05) is 6.61 Å². The number of carbonyl (C=O) groups excluding carboxylic acids is 2. The van der Waals surface area contributed by atoms with Gasteiger partial charge in [-0.25, -0.2) is 0 Å². The van der Waals surface area contributed by atoms with Crippen LogP contribution in [0.1, 0.15) is 0 Å². The van der Waals surface area contributed by atoms with Crippen molar-refractivity contribution < 1.29 is 34.8 Å². The van der Waals surface area contributed by atoms with Crippen LogP contribution >= 0.6 is 23.4 Å². The van der Waals surface area contributed by atoms with Crippen molar-refractivity contribution in [2.24, 2.45) is 0 Å². The van der Waals surface area contributed by atoms with Gasteiger partial charge in [-0.2, -0.15) is 0 Å². The molecule has 0 aromatic heterocycles. The van der Waals surface area contributed by atoms with Gasteiger partial charge < -0.3 is 25.2 Å². The number of hydrogen-bond donors (Lipinski definition) is 4. The standard InChI is InChI=1S/C12H13ClO7S/c13-4-1-6(16)8(2-5(4)15)21-12-11(19)10(18)9(17)7(3-14)20-12/h1-2,7,9-12,14,17-19H,3H2/t7-,9-,10+,11-,12+/m1/s1. The third-order valence-electron chi connectivity index (χ3n) is 3.09. The van der Waals surface area contributed by atoms with Crippen molar-refractivity contribution >= 4 is 34.9 Å². The van der Waals surface area contributed by atoms with Crippen molar-refractivity contribution in [3.05, 3.63) is 22.1 Å². The third-order valence-corrected chi connectivity index (χ3v) is 4.58. The molecule has 4 N–H and O–H groups in total. The molecule has 0 unspecified atom stereocenters. The summed E-state index contributed by atoms with van der Waals surface area (Å²) in [6, 6.07) is 0. The van der Waals surface area contributed by atoms with Crippen LogP contribution in [-0.4, -0.2) is 68.5 Å². The summed E-state index contributed by atoms with van der Waals surface area (Å²) in [6.45, 7) is -0.570. The molecular formula is C12H13ClO7S. The first-order valence-electron chi connectivity index (χ1n) is 6.00. The molecular weight excluding hydrogens is 324 g/mol. The van der Waals surface area contributed by atoms with Crippen LogP contribution < -0.4 is 0 Å². The number of aliphatic hydroxyl groups is 4. The largest absolute Gasteiger partial charge is 0.394 e. The number of rotatable bonds is 3. The van der Waals surface area contributed by atoms with Crippen LogP contribution in [0.25, 0.3) is 0 Å². The molecule has 21 heavy (non-hydrogen) atoms. The lowest BCUT2D eigenvalue weighted by Gasteiger charge is -2.39. The minimum atomic E-state index is -1.54. The van der Waals surface area contributed by atoms with E-state index in [1.165, 1.54) is 0 Å². The molecule has 0 spiro atoms. The maximum absolute atomic E-state index is 11.7. The van der Waals surface area contributed by atoms with Gasteiger partial charge in [0.15, 0.2) is 11.6 Å². The molecule has 1 fully saturated rings. The van der Waals surface area contributed by atoms with Gasteiger partial charge in [-0.05, 0) is 0 Å². The monoisotopic (exact) mass is 336 g/mol. The smallest absolute Gasteiger partial charge is 0.198 e. The summed E-state index contributed by atoms with van der Waals surface area (Å²) in [5.74, 6) is -1.08. The first kappa shape index (κ1) is 16.6. The zero-order valence-corrected chi connectivity index (χ0v) is 12.1. The fourth-order valence-corrected chi connectivity index (χ4v) is 3.15. The van der Waals surface area contributed by atoms with E-state index in [-0.39, 0.29) is 9.94 Å². The maximum atomic E-state index is 11.7. The van der Waals surface area contributed by atoms with Gasteiger partial charge in [0.05, 0.1) is 16.5 Å². The van der Waals surface area contributed by atoms with Gasteiger partial charge in [0.25, 0.3) is 0 Å². The Morgan fingerprint density at radius 3 is 2.38 bits per heavy atom. The molecule has 0 saturated carbocycles. The number of ether oxygens (including phenoxy) is 1. The van der Waals surface area contributed by atoms with Gasteiger partial charge in [0, 0.05) is 12.2 Å². The quantitative estimate of drug-likeness (QED) is 0.468. The minimum Gasteiger partial charge on any atom is -0.394 e. The molecule has 1 aliphatic heterocycles. The molecule has 7 nitrogen and oxygen atoms in total. The van der Waals surface area contributed by atoms with Crippen molar-refractivity contribution in [3.8, 4) is 0 Å². The van der Waals surface area contributed by atoms with Crippen LogP contribution in [0.4, 0.5) is 0 Å². The Labute approximate surface area is 128 Å². The molecule has 0 bridgehead atoms. The molecule has 116 valence electrons. The Morgan fingerprint density at radius 1 is 1.10 bits per heavy atom. The summed E-state index contributed by atoms with van der Waals surface area (Å²) in [6.07, 6.45) is -3.61. The number of ketones is 2. The van der Waals surface area contributed by atoms with Crippen molar-refractivity contribution in [2.45, 2.75) is 29.9 Å². The topological polar surface area (TPSA) is 124 Å². The predicted octanol–water partition coefficient (Wildman–Crippen LogP) is -1.32. The fraction of sp³-hybridized carbons (Fsp3) is 0.500. The highest BCUT2D eigenvalue weighted by molar-refractivity contribution is 8.04. The summed E-state index contributed by atoms with van der Waals surface area (Å²) in [5.41, 5.74) is -1.12. The molecule has 2 rings (SSSR count). The lowest BCUT2D eigenvalue weighted by molar-refractivity contribution is -0.205. The normalized spacial score (nSPS) is 37.3. The van der Waals surface area contributed by atoms with E-state index in [1.54, 1.807) is 0 Å². The van der Waals surface area contributed by atoms with E-state index in [4.69, 9.17) is 21.4 Å². The summed E-state index contributed by atoms with van der Waals surface area (Å²) in [7, 11) is 0. The lowest BCUT2D eigenvalue weighted by Crippen LogP contribution is -2.57. The van der Waals surface area contributed by atoms with Gasteiger partial charge in [-0.15, -0.1) is 0 Å². The fourth-order valence-electron chi connectivity index (χ4n) is 1.90. The Hall–Kier alpha value is -0.740. The number of carbonyl (C=O) groups is 2. The first-order chi connectivity index (χ1) is 9.85. The Bertz CT molecular complexity index is 516. The summed E-state index contributed by atoms with van der Waals surface area (Å²) in [5, 5.41) is 38.0. The third kappa shape index (κ3) is 3.37. The number of thioether (sulfide) groups is 1. The van der Waals surface area contributed by atoms with E-state index in [0.717, 1.165) is 23.9 Å². The highest BCUT2D eigenvalue weighted by atomic mass is 35.5. The number of hydrogen-bond acceptors (Lipinski definition) is 8. The molecule has 0 radical (unpaired) electrons. The van der Waals surface area contributed by atoms with Crippen molar-refractivity contribution in [3.63, 3.8) is 0 Å². The van der Waals surface area contributed by atoms with Crippen LogP contribution in [0.3, 0.4) is 0 Å². The summed E-state index contributed by atoms with van der Waals surface area (Å²) >= 11 is 6.26. The van der Waals surface area contributed by atoms with Gasteiger partial charge in [0.2, 0.25) is 0 Å². The molecule has 5 atom stereocenters. The molecule has 0 amide bonds. The summed E-state index contributed by atoms with van der Waals surface area (Å²) in [4.78, 5) is 23.2. The zero-order chi connectivity index (χ0) is 15.7. The van der Waals surface area contributed by atoms with E-state index in [2.05, 4.69) is 0 Å². The van der Waals surface area contributed by atoms with Gasteiger partial charge >= 0.3 is 0 Å². The molecule has 9 heteroatoms. The predicted molar refractivity (Wildman–Crippen MR) is 73.4 cm³/mol. The van der Waals surface area contributed by atoms with E-state index in [1.807, 2.05) is 0 Å². The van der Waals surface area contributed by atoms with Gasteiger partial charge in [0.1, 0.15) is 29.9 Å². The second-order valence-corrected chi connectivity index (χ2v) is 6.09. The molecule has 0 aromatic rings. The SMILES string of the molecule is O=C1C=C(S[C@@H]2O[C@H](CO)[C@@H](O)[C@H](O)[C@H]2O)C(=O)C=C1Cl. The number of allylic oxidation sites excluding steroid dienone is 4. The Morgan fingerprint density at radius 2 is 1.76 bits per heavy atom. The zero-order valence-electron chi connectivity index (χ0n) is 10.5. The van der Waals surface area contributed by atoms with Crippen LogP contribution in [-0.2, 0) is 14.3 Å². The highest BCUT2D eigenvalue weighted by Gasteiger charge is 2.44. The molecule has 1 heterocycles. The molecule has 1 aliphatic carbocycles. The van der Waals surface area contributed by atoms with E-state index in [9.17, 15) is 24.9 Å². The van der Waals surface area contributed by atoms with E-state index >= 15 is 0 Å². The van der Waals surface area contributed by atoms with E-state index in [0.29, 0.717) is 0 Å². The first-order valence-corrected chi connectivity index (χ1v) is 7.25. The van der Waals surface area contributed by atoms with Crippen LogP contribution in [0, 0.1) is 0 Å². The summed E-state index contributed by atoms with van der Waals surface area (Å²) < 4.78 is 5.24. The Kier molecular flexibility index (Phi) is 5.20. The average molecular weight is 337 g/mol. The van der Waals surface area contributed by atoms with E-state index < -0.39 is 48.0 Å². The van der Waals surface area contributed by atoms with Gasteiger partial charge in [-0.1, -0.05) is 23.4 Å². The number of aliphatic hydroxyl groups excluding tert-OH is 4. The van der Waals surface area contributed by atoms with Gasteiger partial charge in [-0.3, -0.25) is 9.59 Å². The average Bonchev–Trinajstić information content (AvgIpc) is 2.45. The minimum absolute atomic E-state index is 0.00581. The molecule has 1 saturated heterocycles. The van der Waals surface area contributed by atoms with Crippen molar-refractivity contribution in [1.29, 1.82) is 0 Å². The van der Waals surface area contributed by atoms with Crippen LogP contribution in [0.15, 0.2) is 22.1 Å².